The van der Waals surface area contributed by atoms with Crippen molar-refractivity contribution in [1.29, 1.82) is 0 Å². The molecule has 0 saturated carbocycles. The van der Waals surface area contributed by atoms with Gasteiger partial charge in [0.05, 0.1) is 0 Å². The van der Waals surface area contributed by atoms with Crippen molar-refractivity contribution in [3.63, 3.8) is 0 Å². The summed E-state index contributed by atoms with van der Waals surface area (Å²) in [5, 5.41) is 0. The van der Waals surface area contributed by atoms with Crippen molar-refractivity contribution >= 4 is 17.2 Å². The molecule has 0 spiro atoms. The molecule has 0 unspecified atom stereocenters. The lowest BCUT2D eigenvalue weighted by Crippen LogP contribution is -2.35. The summed E-state index contributed by atoms with van der Waals surface area (Å²) in [7, 11) is 0. The van der Waals surface area contributed by atoms with Crippen molar-refractivity contribution in [3.8, 4) is 0 Å². The molecule has 1 aliphatic rings. The predicted octanol–water partition coefficient (Wildman–Crippen LogP) is 3.16. The highest BCUT2D eigenvalue weighted by molar-refractivity contribution is 7.80. The average molecular weight is 219 g/mol. The van der Waals surface area contributed by atoms with Crippen LogP contribution in [0.3, 0.4) is 0 Å². The Hall–Kier alpha value is -0.890. The molecule has 2 rings (SSSR count). The average Bonchev–Trinajstić information content (AvgIpc) is 2.30. The van der Waals surface area contributed by atoms with Crippen LogP contribution >= 0.6 is 12.2 Å². The van der Waals surface area contributed by atoms with Gasteiger partial charge in [-0.05, 0) is 31.7 Å². The molecular formula is C13H17NS. The Balaban J connectivity index is 2.16. The lowest BCUT2D eigenvalue weighted by Gasteiger charge is -2.29. The molecule has 1 saturated heterocycles. The summed E-state index contributed by atoms with van der Waals surface area (Å²) in [6, 6.07) is 8.40. The van der Waals surface area contributed by atoms with E-state index >= 15 is 0 Å². The van der Waals surface area contributed by atoms with Gasteiger partial charge in [-0.2, -0.15) is 0 Å². The molecule has 0 atom stereocenters. The molecule has 80 valence electrons. The fourth-order valence-electron chi connectivity index (χ4n) is 2.08. The Kier molecular flexibility index (Phi) is 3.37. The molecule has 1 aliphatic heterocycles. The van der Waals surface area contributed by atoms with Gasteiger partial charge in [0.15, 0.2) is 0 Å². The Morgan fingerprint density at radius 1 is 1.13 bits per heavy atom. The molecule has 1 heterocycles. The third kappa shape index (κ3) is 2.37. The summed E-state index contributed by atoms with van der Waals surface area (Å²) in [6.07, 6.45) is 3.92. The maximum absolute atomic E-state index is 5.55. The van der Waals surface area contributed by atoms with Gasteiger partial charge in [-0.3, -0.25) is 0 Å². The Morgan fingerprint density at radius 3 is 2.47 bits per heavy atom. The van der Waals surface area contributed by atoms with Crippen molar-refractivity contribution in [2.75, 3.05) is 13.1 Å². The molecule has 0 aromatic heterocycles. The Bertz CT molecular complexity index is 353. The van der Waals surface area contributed by atoms with Crippen LogP contribution in [0.15, 0.2) is 24.3 Å². The maximum atomic E-state index is 5.55. The summed E-state index contributed by atoms with van der Waals surface area (Å²) in [6.45, 7) is 4.39. The van der Waals surface area contributed by atoms with Gasteiger partial charge in [0, 0.05) is 18.7 Å². The van der Waals surface area contributed by atoms with Crippen LogP contribution in [0, 0.1) is 6.92 Å². The molecular weight excluding hydrogens is 202 g/mol. The molecule has 1 aromatic carbocycles. The van der Waals surface area contributed by atoms with Gasteiger partial charge < -0.3 is 4.90 Å². The van der Waals surface area contributed by atoms with Crippen molar-refractivity contribution in [2.45, 2.75) is 26.2 Å². The largest absolute Gasteiger partial charge is 0.362 e. The number of rotatable bonds is 1. The quantitative estimate of drug-likeness (QED) is 0.667. The Labute approximate surface area is 97.1 Å². The molecule has 1 fully saturated rings. The molecule has 15 heavy (non-hydrogen) atoms. The van der Waals surface area contributed by atoms with E-state index in [1.165, 1.54) is 30.4 Å². The van der Waals surface area contributed by atoms with E-state index in [1.807, 2.05) is 0 Å². The lowest BCUT2D eigenvalue weighted by atomic mass is 10.1. The minimum absolute atomic E-state index is 1.04. The maximum Gasteiger partial charge on any atom is 0.109 e. The zero-order valence-electron chi connectivity index (χ0n) is 9.20. The van der Waals surface area contributed by atoms with Crippen molar-refractivity contribution in [2.24, 2.45) is 0 Å². The van der Waals surface area contributed by atoms with Crippen LogP contribution in [-0.4, -0.2) is 23.0 Å². The minimum atomic E-state index is 1.04. The molecule has 0 N–H and O–H groups in total. The smallest absolute Gasteiger partial charge is 0.109 e. The molecule has 2 heteroatoms. The van der Waals surface area contributed by atoms with E-state index in [-0.39, 0.29) is 0 Å². The van der Waals surface area contributed by atoms with Crippen LogP contribution in [0.5, 0.6) is 0 Å². The van der Waals surface area contributed by atoms with E-state index in [0.717, 1.165) is 18.1 Å². The first kappa shape index (κ1) is 10.6. The van der Waals surface area contributed by atoms with Gasteiger partial charge in [-0.25, -0.2) is 0 Å². The fourth-order valence-corrected chi connectivity index (χ4v) is 2.49. The van der Waals surface area contributed by atoms with E-state index in [1.54, 1.807) is 0 Å². The number of aryl methyl sites for hydroxylation is 1. The van der Waals surface area contributed by atoms with Crippen LogP contribution in [0.1, 0.15) is 30.4 Å². The van der Waals surface area contributed by atoms with E-state index in [4.69, 9.17) is 12.2 Å². The molecule has 0 bridgehead atoms. The second kappa shape index (κ2) is 4.75. The molecule has 0 amide bonds. The highest BCUT2D eigenvalue weighted by atomic mass is 32.1. The van der Waals surface area contributed by atoms with Gasteiger partial charge in [-0.15, -0.1) is 0 Å². The molecule has 1 nitrogen and oxygen atoms in total. The third-order valence-corrected chi connectivity index (χ3v) is 3.50. The van der Waals surface area contributed by atoms with Crippen LogP contribution in [0.2, 0.25) is 0 Å². The number of piperidine rings is 1. The Morgan fingerprint density at radius 2 is 1.80 bits per heavy atom. The normalized spacial score (nSPS) is 16.5. The highest BCUT2D eigenvalue weighted by Crippen LogP contribution is 2.16. The van der Waals surface area contributed by atoms with Gasteiger partial charge >= 0.3 is 0 Å². The van der Waals surface area contributed by atoms with Gasteiger partial charge in [0.25, 0.3) is 0 Å². The summed E-state index contributed by atoms with van der Waals surface area (Å²) in [4.78, 5) is 3.38. The topological polar surface area (TPSA) is 3.24 Å². The van der Waals surface area contributed by atoms with Crippen molar-refractivity contribution in [3.05, 3.63) is 35.4 Å². The molecule has 0 radical (unpaired) electrons. The predicted molar refractivity (Wildman–Crippen MR) is 68.3 cm³/mol. The number of hydrogen-bond acceptors (Lipinski definition) is 1. The first-order valence-electron chi connectivity index (χ1n) is 5.64. The second-order valence-electron chi connectivity index (χ2n) is 4.17. The zero-order valence-corrected chi connectivity index (χ0v) is 10.0. The number of thiocarbonyl (C=S) groups is 1. The number of likely N-dealkylation sites (tertiary alicyclic amines) is 1. The standard InChI is InChI=1S/C13H17NS/c1-11-7-3-4-8-12(11)13(15)14-9-5-2-6-10-14/h3-4,7-8H,2,5-6,9-10H2,1H3. The van der Waals surface area contributed by atoms with E-state index in [0.29, 0.717) is 0 Å². The minimum Gasteiger partial charge on any atom is -0.362 e. The molecule has 1 aromatic rings. The van der Waals surface area contributed by atoms with Crippen molar-refractivity contribution < 1.29 is 0 Å². The number of nitrogens with zero attached hydrogens (tertiary/aromatic N) is 1. The zero-order chi connectivity index (χ0) is 10.7. The van der Waals surface area contributed by atoms with Gasteiger partial charge in [0.2, 0.25) is 0 Å². The summed E-state index contributed by atoms with van der Waals surface area (Å²) in [5.74, 6) is 0. The van der Waals surface area contributed by atoms with Crippen LogP contribution < -0.4 is 0 Å². The van der Waals surface area contributed by atoms with Gasteiger partial charge in [-0.1, -0.05) is 36.5 Å². The first-order valence-corrected chi connectivity index (χ1v) is 6.05. The fraction of sp³-hybridized carbons (Fsp3) is 0.462. The number of hydrogen-bond donors (Lipinski definition) is 0. The summed E-state index contributed by atoms with van der Waals surface area (Å²) < 4.78 is 0. The van der Waals surface area contributed by atoms with Crippen LogP contribution in [0.25, 0.3) is 0 Å². The van der Waals surface area contributed by atoms with Crippen LogP contribution in [-0.2, 0) is 0 Å². The third-order valence-electron chi connectivity index (χ3n) is 3.02. The lowest BCUT2D eigenvalue weighted by molar-refractivity contribution is 0.347. The number of benzene rings is 1. The second-order valence-corrected chi connectivity index (χ2v) is 4.55. The monoisotopic (exact) mass is 219 g/mol. The summed E-state index contributed by atoms with van der Waals surface area (Å²) >= 11 is 5.55. The molecule has 0 aliphatic carbocycles. The van der Waals surface area contributed by atoms with E-state index in [9.17, 15) is 0 Å². The summed E-state index contributed by atoms with van der Waals surface area (Å²) in [5.41, 5.74) is 2.52. The van der Waals surface area contributed by atoms with Crippen LogP contribution in [0.4, 0.5) is 0 Å². The van der Waals surface area contributed by atoms with E-state index in [2.05, 4.69) is 36.1 Å². The van der Waals surface area contributed by atoms with Crippen molar-refractivity contribution in [1.82, 2.24) is 4.90 Å². The highest BCUT2D eigenvalue weighted by Gasteiger charge is 2.15. The van der Waals surface area contributed by atoms with Gasteiger partial charge in [0.1, 0.15) is 4.99 Å². The van der Waals surface area contributed by atoms with E-state index < -0.39 is 0 Å². The first-order chi connectivity index (χ1) is 7.29. The SMILES string of the molecule is Cc1ccccc1C(=S)N1CCCCC1.